The van der Waals surface area contributed by atoms with Crippen LogP contribution >= 0.6 is 12.6 Å². The quantitative estimate of drug-likeness (QED) is 0.280. The molecule has 0 rings (SSSR count). The van der Waals surface area contributed by atoms with Gasteiger partial charge in [-0.15, -0.1) is 0 Å². The molecule has 0 radical (unpaired) electrons. The van der Waals surface area contributed by atoms with Crippen molar-refractivity contribution in [2.75, 3.05) is 13.1 Å². The van der Waals surface area contributed by atoms with Gasteiger partial charge in [0.15, 0.2) is 0 Å². The Morgan fingerprint density at radius 1 is 0.700 bits per heavy atom. The van der Waals surface area contributed by atoms with Crippen LogP contribution in [0.1, 0.15) is 97.8 Å². The Labute approximate surface area is 134 Å². The highest BCUT2D eigenvalue weighted by molar-refractivity contribution is 7.81. The van der Waals surface area contributed by atoms with Gasteiger partial charge in [-0.05, 0) is 26.8 Å². The third-order valence-electron chi connectivity index (χ3n) is 3.76. The first-order chi connectivity index (χ1) is 9.56. The Hall–Kier alpha value is 0.310. The molecular formula is C18H39NS. The lowest BCUT2D eigenvalue weighted by Crippen LogP contribution is -2.30. The molecular weight excluding hydrogens is 262 g/mol. The van der Waals surface area contributed by atoms with Crippen molar-refractivity contribution in [2.24, 2.45) is 0 Å². The molecule has 0 bridgehead atoms. The molecule has 0 aromatic heterocycles. The molecule has 0 aromatic carbocycles. The first-order valence-electron chi connectivity index (χ1n) is 8.99. The zero-order chi connectivity index (χ0) is 15.1. The molecule has 0 amide bonds. The van der Waals surface area contributed by atoms with Gasteiger partial charge < -0.3 is 5.32 Å². The number of hydrogen-bond donors (Lipinski definition) is 2. The second-order valence-electron chi connectivity index (χ2n) is 6.88. The molecule has 0 saturated carbocycles. The van der Waals surface area contributed by atoms with Gasteiger partial charge in [0.1, 0.15) is 0 Å². The summed E-state index contributed by atoms with van der Waals surface area (Å²) < 4.78 is 0.122. The lowest BCUT2D eigenvalue weighted by molar-refractivity contribution is 0.526. The van der Waals surface area contributed by atoms with Crippen molar-refractivity contribution in [3.8, 4) is 0 Å². The molecule has 0 unspecified atom stereocenters. The molecule has 1 N–H and O–H groups in total. The summed E-state index contributed by atoms with van der Waals surface area (Å²) in [7, 11) is 0. The Morgan fingerprint density at radius 2 is 1.10 bits per heavy atom. The van der Waals surface area contributed by atoms with E-state index in [9.17, 15) is 0 Å². The number of hydrogen-bond acceptors (Lipinski definition) is 2. The van der Waals surface area contributed by atoms with Gasteiger partial charge in [0.25, 0.3) is 0 Å². The van der Waals surface area contributed by atoms with E-state index in [1.54, 1.807) is 0 Å². The van der Waals surface area contributed by atoms with Crippen LogP contribution in [0.5, 0.6) is 0 Å². The van der Waals surface area contributed by atoms with E-state index in [4.69, 9.17) is 0 Å². The molecule has 2 heteroatoms. The predicted octanol–water partition coefficient (Wildman–Crippen LogP) is 5.99. The maximum atomic E-state index is 4.51. The summed E-state index contributed by atoms with van der Waals surface area (Å²) in [5.74, 6) is 0. The molecule has 0 heterocycles. The highest BCUT2D eigenvalue weighted by Crippen LogP contribution is 2.12. The monoisotopic (exact) mass is 301 g/mol. The highest BCUT2D eigenvalue weighted by Gasteiger charge is 2.09. The lowest BCUT2D eigenvalue weighted by atomic mass is 10.1. The van der Waals surface area contributed by atoms with E-state index in [1.807, 2.05) is 0 Å². The number of thiol groups is 1. The Morgan fingerprint density at radius 3 is 1.50 bits per heavy atom. The van der Waals surface area contributed by atoms with Gasteiger partial charge >= 0.3 is 0 Å². The minimum Gasteiger partial charge on any atom is -0.315 e. The molecule has 0 atom stereocenters. The third-order valence-corrected chi connectivity index (χ3v) is 3.92. The summed E-state index contributed by atoms with van der Waals surface area (Å²) in [6.07, 6.45) is 17.1. The maximum absolute atomic E-state index is 4.51. The van der Waals surface area contributed by atoms with Crippen molar-refractivity contribution in [1.29, 1.82) is 0 Å². The van der Waals surface area contributed by atoms with Gasteiger partial charge in [-0.3, -0.25) is 0 Å². The van der Waals surface area contributed by atoms with Gasteiger partial charge in [0.05, 0.1) is 0 Å². The van der Waals surface area contributed by atoms with Crippen molar-refractivity contribution >= 4 is 12.6 Å². The smallest absolute Gasteiger partial charge is 0.0198 e. The van der Waals surface area contributed by atoms with Crippen molar-refractivity contribution in [3.05, 3.63) is 0 Å². The summed E-state index contributed by atoms with van der Waals surface area (Å²) in [4.78, 5) is 0. The van der Waals surface area contributed by atoms with Crippen molar-refractivity contribution in [3.63, 3.8) is 0 Å². The average molecular weight is 302 g/mol. The topological polar surface area (TPSA) is 12.0 Å². The molecule has 0 aliphatic carbocycles. The molecule has 20 heavy (non-hydrogen) atoms. The lowest BCUT2D eigenvalue weighted by Gasteiger charge is -2.17. The van der Waals surface area contributed by atoms with Crippen LogP contribution in [0.2, 0.25) is 0 Å². The van der Waals surface area contributed by atoms with Crippen molar-refractivity contribution in [1.82, 2.24) is 5.32 Å². The minimum atomic E-state index is 0.122. The van der Waals surface area contributed by atoms with Gasteiger partial charge in [0, 0.05) is 11.3 Å². The van der Waals surface area contributed by atoms with E-state index in [-0.39, 0.29) is 4.75 Å². The second kappa shape index (κ2) is 14.3. The van der Waals surface area contributed by atoms with Crippen LogP contribution in [0, 0.1) is 0 Å². The van der Waals surface area contributed by atoms with E-state index in [2.05, 4.69) is 38.7 Å². The minimum absolute atomic E-state index is 0.122. The van der Waals surface area contributed by atoms with Crippen LogP contribution < -0.4 is 5.32 Å². The average Bonchev–Trinajstić information content (AvgIpc) is 2.38. The third kappa shape index (κ3) is 18.3. The highest BCUT2D eigenvalue weighted by atomic mass is 32.1. The zero-order valence-electron chi connectivity index (χ0n) is 14.3. The molecule has 0 aromatic rings. The van der Waals surface area contributed by atoms with Gasteiger partial charge in [-0.2, -0.15) is 12.6 Å². The molecule has 0 aliphatic heterocycles. The number of nitrogens with one attached hydrogen (secondary N) is 1. The van der Waals surface area contributed by atoms with E-state index >= 15 is 0 Å². The summed E-state index contributed by atoms with van der Waals surface area (Å²) in [6, 6.07) is 0. The Balaban J connectivity index is 2.99. The van der Waals surface area contributed by atoms with Crippen LogP contribution in [0.15, 0.2) is 0 Å². The fraction of sp³-hybridized carbons (Fsp3) is 1.00. The molecule has 0 fully saturated rings. The Bertz CT molecular complexity index is 186. The van der Waals surface area contributed by atoms with E-state index in [1.165, 1.54) is 77.0 Å². The first kappa shape index (κ1) is 20.3. The van der Waals surface area contributed by atoms with Crippen LogP contribution in [-0.4, -0.2) is 17.8 Å². The molecule has 0 saturated heterocycles. The van der Waals surface area contributed by atoms with Crippen LogP contribution in [0.25, 0.3) is 0 Å². The predicted molar refractivity (Wildman–Crippen MR) is 97.0 cm³/mol. The standard InChI is InChI=1S/C18H39NS/c1-4-5-6-7-8-9-10-11-12-13-14-15-16-19-17-18(2,3)20/h19-20H,4-17H2,1-3H3. The maximum Gasteiger partial charge on any atom is 0.0198 e. The van der Waals surface area contributed by atoms with Crippen molar-refractivity contribution in [2.45, 2.75) is 103 Å². The Kier molecular flexibility index (Phi) is 14.5. The van der Waals surface area contributed by atoms with Gasteiger partial charge in [-0.1, -0.05) is 77.6 Å². The molecule has 0 spiro atoms. The summed E-state index contributed by atoms with van der Waals surface area (Å²) in [5.41, 5.74) is 0. The SMILES string of the molecule is CCCCCCCCCCCCCCNCC(C)(C)S. The fourth-order valence-electron chi connectivity index (χ4n) is 2.49. The molecule has 122 valence electrons. The van der Waals surface area contributed by atoms with E-state index in [0.29, 0.717) is 0 Å². The van der Waals surface area contributed by atoms with Crippen molar-refractivity contribution < 1.29 is 0 Å². The zero-order valence-corrected chi connectivity index (χ0v) is 15.2. The van der Waals surface area contributed by atoms with Gasteiger partial charge in [-0.25, -0.2) is 0 Å². The summed E-state index contributed by atoms with van der Waals surface area (Å²) in [6.45, 7) is 8.77. The molecule has 0 aliphatic rings. The second-order valence-corrected chi connectivity index (χ2v) is 8.09. The first-order valence-corrected chi connectivity index (χ1v) is 9.44. The van der Waals surface area contributed by atoms with E-state index in [0.717, 1.165) is 13.1 Å². The van der Waals surface area contributed by atoms with Crippen LogP contribution in [0.3, 0.4) is 0 Å². The largest absolute Gasteiger partial charge is 0.315 e. The number of unbranched alkanes of at least 4 members (excludes halogenated alkanes) is 11. The van der Waals surface area contributed by atoms with Gasteiger partial charge in [0.2, 0.25) is 0 Å². The van der Waals surface area contributed by atoms with Crippen LogP contribution in [-0.2, 0) is 0 Å². The van der Waals surface area contributed by atoms with Crippen LogP contribution in [0.4, 0.5) is 0 Å². The fourth-order valence-corrected chi connectivity index (χ4v) is 2.60. The summed E-state index contributed by atoms with van der Waals surface area (Å²) >= 11 is 4.51. The van der Waals surface area contributed by atoms with E-state index < -0.39 is 0 Å². The normalized spacial score (nSPS) is 12.0. The molecule has 1 nitrogen and oxygen atoms in total. The number of rotatable bonds is 15. The summed E-state index contributed by atoms with van der Waals surface area (Å²) in [5, 5.41) is 3.48.